The molecule has 29 heavy (non-hydrogen) atoms. The number of carbonyl (C=O) groups is 1. The number of halogens is 3. The number of oxazole rings is 1. The number of amides is 1. The molecule has 0 spiro atoms. The van der Waals surface area contributed by atoms with Gasteiger partial charge < -0.3 is 9.73 Å². The average Bonchev–Trinajstić information content (AvgIpc) is 3.02. The van der Waals surface area contributed by atoms with Gasteiger partial charge in [-0.1, -0.05) is 12.1 Å². The Morgan fingerprint density at radius 3 is 2.72 bits per heavy atom. The normalized spacial score (nSPS) is 17.4. The molecule has 8 heteroatoms. The molecule has 1 fully saturated rings. The molecule has 0 bridgehead atoms. The van der Waals surface area contributed by atoms with Crippen LogP contribution in [0.1, 0.15) is 23.1 Å². The van der Waals surface area contributed by atoms with E-state index in [1.54, 1.807) is 19.1 Å². The van der Waals surface area contributed by atoms with E-state index in [1.807, 2.05) is 4.90 Å². The van der Waals surface area contributed by atoms with Crippen molar-refractivity contribution in [1.29, 1.82) is 0 Å². The molecule has 0 saturated carbocycles. The van der Waals surface area contributed by atoms with Crippen molar-refractivity contribution in [2.75, 3.05) is 13.1 Å². The molecule has 1 saturated heterocycles. The third-order valence-corrected chi connectivity index (χ3v) is 4.88. The van der Waals surface area contributed by atoms with Gasteiger partial charge in [0, 0.05) is 25.7 Å². The second-order valence-corrected chi connectivity index (χ2v) is 6.87. The number of aromatic nitrogens is 1. The van der Waals surface area contributed by atoms with Gasteiger partial charge in [-0.2, -0.15) is 0 Å². The topological polar surface area (TPSA) is 58.4 Å². The van der Waals surface area contributed by atoms with Crippen molar-refractivity contribution in [3.8, 4) is 11.5 Å². The zero-order valence-corrected chi connectivity index (χ0v) is 15.6. The fourth-order valence-electron chi connectivity index (χ4n) is 3.47. The molecular weight excluding hydrogens is 383 g/mol. The van der Waals surface area contributed by atoms with Crippen molar-refractivity contribution < 1.29 is 22.4 Å². The summed E-state index contributed by atoms with van der Waals surface area (Å²) in [5.74, 6) is -1.61. The summed E-state index contributed by atoms with van der Waals surface area (Å²) < 4.78 is 46.5. The highest BCUT2D eigenvalue weighted by molar-refractivity contribution is 5.83. The lowest BCUT2D eigenvalue weighted by atomic mass is 10.0. The highest BCUT2D eigenvalue weighted by Crippen LogP contribution is 2.29. The fourth-order valence-corrected chi connectivity index (χ4v) is 3.47. The molecule has 4 rings (SSSR count). The van der Waals surface area contributed by atoms with E-state index in [-0.39, 0.29) is 23.9 Å². The first-order chi connectivity index (χ1) is 13.9. The summed E-state index contributed by atoms with van der Waals surface area (Å²) in [5, 5.41) is 2.79. The predicted molar refractivity (Wildman–Crippen MR) is 99.2 cm³/mol. The van der Waals surface area contributed by atoms with Crippen LogP contribution in [0.4, 0.5) is 13.2 Å². The van der Waals surface area contributed by atoms with E-state index >= 15 is 0 Å². The maximum absolute atomic E-state index is 14.1. The Morgan fingerprint density at radius 1 is 1.17 bits per heavy atom. The lowest BCUT2D eigenvalue weighted by molar-refractivity contribution is -0.129. The predicted octanol–water partition coefficient (Wildman–Crippen LogP) is 3.74. The highest BCUT2D eigenvalue weighted by Gasteiger charge is 2.32. The summed E-state index contributed by atoms with van der Waals surface area (Å²) in [6.45, 7) is 2.92. The third kappa shape index (κ3) is 3.88. The summed E-state index contributed by atoms with van der Waals surface area (Å²) in [6, 6.07) is 8.39. The van der Waals surface area contributed by atoms with E-state index in [2.05, 4.69) is 10.3 Å². The minimum Gasteiger partial charge on any atom is -0.441 e. The van der Waals surface area contributed by atoms with Crippen LogP contribution >= 0.6 is 0 Å². The molecule has 0 aliphatic carbocycles. The van der Waals surface area contributed by atoms with Gasteiger partial charge in [0.2, 0.25) is 11.8 Å². The van der Waals surface area contributed by atoms with Crippen molar-refractivity contribution in [2.24, 2.45) is 0 Å². The number of piperazine rings is 1. The van der Waals surface area contributed by atoms with Crippen LogP contribution < -0.4 is 5.32 Å². The Bertz CT molecular complexity index is 1070. The van der Waals surface area contributed by atoms with Crippen LogP contribution in [0.3, 0.4) is 0 Å². The quantitative estimate of drug-likeness (QED) is 0.724. The van der Waals surface area contributed by atoms with E-state index in [4.69, 9.17) is 4.42 Å². The van der Waals surface area contributed by atoms with Crippen LogP contribution in [0, 0.1) is 24.4 Å². The maximum Gasteiger partial charge on any atom is 0.242 e. The molecule has 1 aromatic heterocycles. The summed E-state index contributed by atoms with van der Waals surface area (Å²) >= 11 is 0. The van der Waals surface area contributed by atoms with Crippen molar-refractivity contribution >= 4 is 5.91 Å². The SMILES string of the molecule is Cc1oc(-c2ccc(F)cc2F)nc1CN1CCNC(=O)[C@H]1c1cccc(F)c1. The number of nitrogens with one attached hydrogen (secondary N) is 1. The third-order valence-electron chi connectivity index (χ3n) is 4.88. The largest absolute Gasteiger partial charge is 0.441 e. The first-order valence-electron chi connectivity index (χ1n) is 9.11. The second kappa shape index (κ2) is 7.71. The van der Waals surface area contributed by atoms with Gasteiger partial charge in [-0.3, -0.25) is 9.69 Å². The van der Waals surface area contributed by atoms with Gasteiger partial charge in [-0.05, 0) is 36.8 Å². The number of nitrogens with zero attached hydrogens (tertiary/aromatic N) is 2. The van der Waals surface area contributed by atoms with Gasteiger partial charge in [0.1, 0.15) is 29.3 Å². The zero-order valence-electron chi connectivity index (χ0n) is 15.6. The molecule has 150 valence electrons. The Morgan fingerprint density at radius 2 is 1.97 bits per heavy atom. The van der Waals surface area contributed by atoms with Gasteiger partial charge in [-0.25, -0.2) is 18.2 Å². The second-order valence-electron chi connectivity index (χ2n) is 6.87. The smallest absolute Gasteiger partial charge is 0.242 e. The van der Waals surface area contributed by atoms with Crippen LogP contribution in [0.15, 0.2) is 46.9 Å². The number of aryl methyl sites for hydroxylation is 1. The number of benzene rings is 2. The lowest BCUT2D eigenvalue weighted by Gasteiger charge is -2.34. The van der Waals surface area contributed by atoms with Gasteiger partial charge in [0.05, 0.1) is 11.3 Å². The zero-order chi connectivity index (χ0) is 20.5. The Balaban J connectivity index is 1.64. The van der Waals surface area contributed by atoms with Gasteiger partial charge in [0.15, 0.2) is 0 Å². The first kappa shape index (κ1) is 19.2. The summed E-state index contributed by atoms with van der Waals surface area (Å²) in [6.07, 6.45) is 0. The molecule has 3 aromatic rings. The highest BCUT2D eigenvalue weighted by atomic mass is 19.1. The molecular formula is C21H18F3N3O2. The van der Waals surface area contributed by atoms with Crippen molar-refractivity contribution in [3.63, 3.8) is 0 Å². The van der Waals surface area contributed by atoms with Gasteiger partial charge in [-0.15, -0.1) is 0 Å². The van der Waals surface area contributed by atoms with E-state index in [9.17, 15) is 18.0 Å². The van der Waals surface area contributed by atoms with E-state index in [1.165, 1.54) is 18.2 Å². The molecule has 0 radical (unpaired) electrons. The fraction of sp³-hybridized carbons (Fsp3) is 0.238. The molecule has 1 aliphatic heterocycles. The molecule has 0 unspecified atom stereocenters. The Kier molecular flexibility index (Phi) is 5.10. The van der Waals surface area contributed by atoms with Crippen LogP contribution in [-0.4, -0.2) is 28.9 Å². The number of hydrogen-bond acceptors (Lipinski definition) is 4. The Hall–Kier alpha value is -3.13. The standard InChI is InChI=1S/C21H18F3N3O2/c1-12-18(26-21(29-12)16-6-5-15(23)10-17(16)24)11-27-8-7-25-20(28)19(27)13-3-2-4-14(22)9-13/h2-6,9-10,19H,7-8,11H2,1H3,(H,25,28)/t19-/m1/s1. The summed E-state index contributed by atoms with van der Waals surface area (Å²) in [4.78, 5) is 18.7. The minimum absolute atomic E-state index is 0.0405. The minimum atomic E-state index is -0.771. The van der Waals surface area contributed by atoms with Crippen LogP contribution in [0.2, 0.25) is 0 Å². The lowest BCUT2D eigenvalue weighted by Crippen LogP contribution is -2.49. The van der Waals surface area contributed by atoms with Crippen LogP contribution in [0.25, 0.3) is 11.5 Å². The number of hydrogen-bond donors (Lipinski definition) is 1. The maximum atomic E-state index is 14.1. The van der Waals surface area contributed by atoms with E-state index < -0.39 is 23.5 Å². The Labute approximate surface area is 165 Å². The van der Waals surface area contributed by atoms with E-state index in [0.29, 0.717) is 30.1 Å². The van der Waals surface area contributed by atoms with E-state index in [0.717, 1.165) is 12.1 Å². The molecule has 2 aromatic carbocycles. The molecule has 2 heterocycles. The molecule has 1 amide bonds. The monoisotopic (exact) mass is 401 g/mol. The van der Waals surface area contributed by atoms with Crippen molar-refractivity contribution in [1.82, 2.24) is 15.2 Å². The van der Waals surface area contributed by atoms with Gasteiger partial charge >= 0.3 is 0 Å². The van der Waals surface area contributed by atoms with Crippen molar-refractivity contribution in [2.45, 2.75) is 19.5 Å². The average molecular weight is 401 g/mol. The van der Waals surface area contributed by atoms with Crippen LogP contribution in [-0.2, 0) is 11.3 Å². The molecule has 1 aliphatic rings. The number of rotatable bonds is 4. The van der Waals surface area contributed by atoms with Gasteiger partial charge in [0.25, 0.3) is 0 Å². The number of carbonyl (C=O) groups excluding carboxylic acids is 1. The summed E-state index contributed by atoms with van der Waals surface area (Å²) in [5.41, 5.74) is 1.12. The summed E-state index contributed by atoms with van der Waals surface area (Å²) in [7, 11) is 0. The van der Waals surface area contributed by atoms with Crippen molar-refractivity contribution in [3.05, 3.63) is 76.9 Å². The molecule has 1 atom stereocenters. The molecule has 5 nitrogen and oxygen atoms in total. The van der Waals surface area contributed by atoms with Crippen LogP contribution in [0.5, 0.6) is 0 Å². The molecule has 1 N–H and O–H groups in total. The first-order valence-corrected chi connectivity index (χ1v) is 9.11.